The van der Waals surface area contributed by atoms with Crippen LogP contribution in [0.4, 0.5) is 0 Å². The zero-order valence-corrected chi connectivity index (χ0v) is 10.6. The number of likely N-dealkylation sites (tertiary alicyclic amines) is 1. The highest BCUT2D eigenvalue weighted by atomic mass is 16.5. The third-order valence-corrected chi connectivity index (χ3v) is 4.27. The number of ether oxygens (including phenoxy) is 1. The molecule has 0 spiro atoms. The number of carboxylic acids is 1. The van der Waals surface area contributed by atoms with Gasteiger partial charge in [-0.1, -0.05) is 6.42 Å². The van der Waals surface area contributed by atoms with Crippen LogP contribution in [0, 0.1) is 17.8 Å². The van der Waals surface area contributed by atoms with Crippen LogP contribution in [0.15, 0.2) is 0 Å². The Morgan fingerprint density at radius 3 is 2.59 bits per heavy atom. The Kier molecular flexibility index (Phi) is 4.40. The SMILES string of the molecule is CN1C[C@H]2CCC[C@@H](C1)C2CCOCC(=O)O. The van der Waals surface area contributed by atoms with Gasteiger partial charge < -0.3 is 14.7 Å². The van der Waals surface area contributed by atoms with Gasteiger partial charge in [-0.25, -0.2) is 4.79 Å². The van der Waals surface area contributed by atoms with Crippen molar-refractivity contribution < 1.29 is 14.6 Å². The number of hydrogen-bond acceptors (Lipinski definition) is 3. The molecule has 1 saturated heterocycles. The smallest absolute Gasteiger partial charge is 0.329 e. The maximum atomic E-state index is 10.4. The van der Waals surface area contributed by atoms with Gasteiger partial charge in [0.15, 0.2) is 0 Å². The summed E-state index contributed by atoms with van der Waals surface area (Å²) in [6.45, 7) is 2.87. The zero-order chi connectivity index (χ0) is 12.3. The van der Waals surface area contributed by atoms with Gasteiger partial charge in [0.1, 0.15) is 6.61 Å². The van der Waals surface area contributed by atoms with Crippen LogP contribution in [-0.2, 0) is 9.53 Å². The molecule has 1 aliphatic carbocycles. The first-order valence-electron chi connectivity index (χ1n) is 6.65. The van der Waals surface area contributed by atoms with E-state index in [2.05, 4.69) is 11.9 Å². The highest BCUT2D eigenvalue weighted by Crippen LogP contribution is 2.40. The summed E-state index contributed by atoms with van der Waals surface area (Å²) in [7, 11) is 2.21. The van der Waals surface area contributed by atoms with Gasteiger partial charge in [-0.15, -0.1) is 0 Å². The van der Waals surface area contributed by atoms with Crippen molar-refractivity contribution in [3.63, 3.8) is 0 Å². The Morgan fingerprint density at radius 2 is 2.00 bits per heavy atom. The summed E-state index contributed by atoms with van der Waals surface area (Å²) in [6, 6.07) is 0. The molecule has 1 unspecified atom stereocenters. The molecule has 1 saturated carbocycles. The highest BCUT2D eigenvalue weighted by molar-refractivity contribution is 5.67. The van der Waals surface area contributed by atoms with Crippen LogP contribution in [0.3, 0.4) is 0 Å². The monoisotopic (exact) mass is 241 g/mol. The molecule has 17 heavy (non-hydrogen) atoms. The van der Waals surface area contributed by atoms with Crippen LogP contribution in [0.5, 0.6) is 0 Å². The zero-order valence-electron chi connectivity index (χ0n) is 10.6. The minimum atomic E-state index is -0.867. The van der Waals surface area contributed by atoms with Crippen LogP contribution in [-0.4, -0.2) is 49.3 Å². The van der Waals surface area contributed by atoms with E-state index in [0.29, 0.717) is 6.61 Å². The van der Waals surface area contributed by atoms with Crippen LogP contribution >= 0.6 is 0 Å². The van der Waals surface area contributed by atoms with Gasteiger partial charge in [0.25, 0.3) is 0 Å². The molecule has 0 aromatic heterocycles. The number of carbonyl (C=O) groups is 1. The molecule has 1 heterocycles. The molecule has 2 rings (SSSR count). The molecule has 2 aliphatic rings. The van der Waals surface area contributed by atoms with E-state index in [1.54, 1.807) is 0 Å². The van der Waals surface area contributed by atoms with E-state index in [-0.39, 0.29) is 6.61 Å². The maximum absolute atomic E-state index is 10.4. The lowest BCUT2D eigenvalue weighted by molar-refractivity contribution is -0.142. The summed E-state index contributed by atoms with van der Waals surface area (Å²) in [6.07, 6.45) is 5.08. The van der Waals surface area contributed by atoms with Crippen molar-refractivity contribution in [2.45, 2.75) is 25.7 Å². The first-order valence-corrected chi connectivity index (χ1v) is 6.65. The predicted octanol–water partition coefficient (Wildman–Crippen LogP) is 1.46. The largest absolute Gasteiger partial charge is 0.480 e. The third-order valence-electron chi connectivity index (χ3n) is 4.27. The second-order valence-electron chi connectivity index (χ2n) is 5.57. The van der Waals surface area contributed by atoms with Gasteiger partial charge in [-0.2, -0.15) is 0 Å². The summed E-state index contributed by atoms with van der Waals surface area (Å²) in [5, 5.41) is 8.51. The van der Waals surface area contributed by atoms with Crippen LogP contribution in [0.1, 0.15) is 25.7 Å². The fraction of sp³-hybridized carbons (Fsp3) is 0.923. The Balaban J connectivity index is 1.77. The molecular formula is C13H23NO3. The van der Waals surface area contributed by atoms with Crippen molar-refractivity contribution in [2.75, 3.05) is 33.4 Å². The number of nitrogens with zero attached hydrogens (tertiary/aromatic N) is 1. The number of rotatable bonds is 5. The predicted molar refractivity (Wildman–Crippen MR) is 64.9 cm³/mol. The molecule has 1 aliphatic heterocycles. The number of piperidine rings is 1. The van der Waals surface area contributed by atoms with E-state index >= 15 is 0 Å². The number of aliphatic carboxylic acids is 1. The third kappa shape index (κ3) is 3.42. The minimum absolute atomic E-state index is 0.151. The summed E-state index contributed by atoms with van der Waals surface area (Å²) >= 11 is 0. The standard InChI is InChI=1S/C13H23NO3/c1-14-7-10-3-2-4-11(8-14)12(10)5-6-17-9-13(15)16/h10-12H,2-9H2,1H3,(H,15,16)/t10-,11+,12?. The molecule has 2 bridgehead atoms. The average Bonchev–Trinajstić information content (AvgIpc) is 2.24. The van der Waals surface area contributed by atoms with Crippen molar-refractivity contribution in [1.82, 2.24) is 4.90 Å². The van der Waals surface area contributed by atoms with Crippen molar-refractivity contribution in [2.24, 2.45) is 17.8 Å². The lowest BCUT2D eigenvalue weighted by Crippen LogP contribution is -2.47. The van der Waals surface area contributed by atoms with Crippen LogP contribution in [0.2, 0.25) is 0 Å². The van der Waals surface area contributed by atoms with Gasteiger partial charge in [0.05, 0.1) is 0 Å². The Morgan fingerprint density at radius 1 is 1.35 bits per heavy atom. The van der Waals surface area contributed by atoms with E-state index in [9.17, 15) is 4.79 Å². The van der Waals surface area contributed by atoms with Gasteiger partial charge in [0, 0.05) is 19.7 Å². The molecule has 0 aromatic carbocycles. The van der Waals surface area contributed by atoms with E-state index in [1.165, 1.54) is 32.4 Å². The lowest BCUT2D eigenvalue weighted by Gasteiger charge is -2.46. The molecular weight excluding hydrogens is 218 g/mol. The molecule has 0 amide bonds. The highest BCUT2D eigenvalue weighted by Gasteiger charge is 2.37. The van der Waals surface area contributed by atoms with Crippen molar-refractivity contribution in [1.29, 1.82) is 0 Å². The molecule has 0 radical (unpaired) electrons. The topological polar surface area (TPSA) is 49.8 Å². The number of fused-ring (bicyclic) bond motifs is 2. The fourth-order valence-electron chi connectivity index (χ4n) is 3.63. The van der Waals surface area contributed by atoms with E-state index in [1.807, 2.05) is 0 Å². The maximum Gasteiger partial charge on any atom is 0.329 e. The number of carboxylic acid groups (broad SMARTS) is 1. The number of hydrogen-bond donors (Lipinski definition) is 1. The van der Waals surface area contributed by atoms with Gasteiger partial charge in [-0.05, 0) is 44.1 Å². The molecule has 3 atom stereocenters. The van der Waals surface area contributed by atoms with Gasteiger partial charge in [-0.3, -0.25) is 0 Å². The summed E-state index contributed by atoms with van der Waals surface area (Å²) < 4.78 is 5.18. The van der Waals surface area contributed by atoms with Gasteiger partial charge in [0.2, 0.25) is 0 Å². The average molecular weight is 241 g/mol. The molecule has 1 N–H and O–H groups in total. The van der Waals surface area contributed by atoms with Gasteiger partial charge >= 0.3 is 5.97 Å². The Bertz CT molecular complexity index is 255. The van der Waals surface area contributed by atoms with E-state index < -0.39 is 5.97 Å². The van der Waals surface area contributed by atoms with Crippen molar-refractivity contribution >= 4 is 5.97 Å². The molecule has 0 aromatic rings. The lowest BCUT2D eigenvalue weighted by atomic mass is 9.68. The first-order chi connectivity index (χ1) is 8.16. The minimum Gasteiger partial charge on any atom is -0.480 e. The first kappa shape index (κ1) is 12.8. The Hall–Kier alpha value is -0.610. The molecule has 98 valence electrons. The van der Waals surface area contributed by atoms with E-state index in [0.717, 1.165) is 24.2 Å². The molecule has 2 fully saturated rings. The van der Waals surface area contributed by atoms with Crippen molar-refractivity contribution in [3.05, 3.63) is 0 Å². The summed E-state index contributed by atoms with van der Waals surface area (Å²) in [5.74, 6) is 1.50. The second kappa shape index (κ2) is 5.83. The Labute approximate surface area is 103 Å². The molecule has 4 heteroatoms. The summed E-state index contributed by atoms with van der Waals surface area (Å²) in [4.78, 5) is 12.8. The van der Waals surface area contributed by atoms with E-state index in [4.69, 9.17) is 9.84 Å². The second-order valence-corrected chi connectivity index (χ2v) is 5.57. The quantitative estimate of drug-likeness (QED) is 0.740. The normalized spacial score (nSPS) is 33.6. The molecule has 4 nitrogen and oxygen atoms in total. The van der Waals surface area contributed by atoms with Crippen LogP contribution in [0.25, 0.3) is 0 Å². The summed E-state index contributed by atoms with van der Waals surface area (Å²) in [5.41, 5.74) is 0. The van der Waals surface area contributed by atoms with Crippen LogP contribution < -0.4 is 0 Å². The fourth-order valence-corrected chi connectivity index (χ4v) is 3.63. The van der Waals surface area contributed by atoms with Crippen molar-refractivity contribution in [3.8, 4) is 0 Å².